The molecule has 0 bridgehead atoms. The lowest BCUT2D eigenvalue weighted by Gasteiger charge is -2.22. The van der Waals surface area contributed by atoms with Gasteiger partial charge in [0, 0.05) is 30.2 Å². The summed E-state index contributed by atoms with van der Waals surface area (Å²) >= 11 is 7.76. The number of amides is 1. The SMILES string of the molecule is CCn1c(C)cc(C(=O)OCc2csc(N(C(C)=O)c3c(C)cc(C)cc3Cl)n2)c1C. The highest BCUT2D eigenvalue weighted by atomic mass is 35.5. The van der Waals surface area contributed by atoms with Gasteiger partial charge in [0.15, 0.2) is 5.13 Å². The van der Waals surface area contributed by atoms with Crippen molar-refractivity contribution < 1.29 is 14.3 Å². The van der Waals surface area contributed by atoms with E-state index in [1.54, 1.807) is 5.38 Å². The summed E-state index contributed by atoms with van der Waals surface area (Å²) in [6, 6.07) is 5.64. The fourth-order valence-corrected chi connectivity index (χ4v) is 5.02. The van der Waals surface area contributed by atoms with Crippen LogP contribution >= 0.6 is 22.9 Å². The summed E-state index contributed by atoms with van der Waals surface area (Å²) < 4.78 is 7.56. The number of rotatable bonds is 6. The van der Waals surface area contributed by atoms with Gasteiger partial charge in [0.1, 0.15) is 6.61 Å². The van der Waals surface area contributed by atoms with Gasteiger partial charge in [-0.05, 0) is 57.9 Å². The molecule has 8 heteroatoms. The first kappa shape index (κ1) is 23.0. The predicted octanol–water partition coefficient (Wildman–Crippen LogP) is 5.89. The number of aromatic nitrogens is 2. The summed E-state index contributed by atoms with van der Waals surface area (Å²) in [5, 5.41) is 2.75. The Morgan fingerprint density at radius 1 is 1.19 bits per heavy atom. The third kappa shape index (κ3) is 4.67. The summed E-state index contributed by atoms with van der Waals surface area (Å²) in [5.74, 6) is -0.582. The molecule has 1 aromatic carbocycles. The van der Waals surface area contributed by atoms with Crippen molar-refractivity contribution in [2.45, 2.75) is 54.7 Å². The third-order valence-corrected chi connectivity index (χ3v) is 6.29. The number of ether oxygens (including phenoxy) is 1. The molecule has 164 valence electrons. The second kappa shape index (κ2) is 9.24. The lowest BCUT2D eigenvalue weighted by atomic mass is 10.1. The van der Waals surface area contributed by atoms with E-state index in [-0.39, 0.29) is 18.5 Å². The van der Waals surface area contributed by atoms with Crippen LogP contribution in [0.4, 0.5) is 10.8 Å². The van der Waals surface area contributed by atoms with E-state index in [9.17, 15) is 9.59 Å². The first-order valence-corrected chi connectivity index (χ1v) is 11.3. The van der Waals surface area contributed by atoms with E-state index >= 15 is 0 Å². The highest BCUT2D eigenvalue weighted by Gasteiger charge is 2.23. The number of benzene rings is 1. The number of aryl methyl sites for hydroxylation is 3. The Morgan fingerprint density at radius 2 is 1.90 bits per heavy atom. The van der Waals surface area contributed by atoms with Gasteiger partial charge in [-0.2, -0.15) is 0 Å². The molecule has 1 amide bonds. The number of halogens is 1. The quantitative estimate of drug-likeness (QED) is 0.431. The Hall–Kier alpha value is -2.64. The zero-order valence-electron chi connectivity index (χ0n) is 18.6. The van der Waals surface area contributed by atoms with Gasteiger partial charge in [-0.1, -0.05) is 17.7 Å². The van der Waals surface area contributed by atoms with Gasteiger partial charge in [-0.15, -0.1) is 11.3 Å². The van der Waals surface area contributed by atoms with Crippen molar-refractivity contribution in [3.63, 3.8) is 0 Å². The molecule has 0 aliphatic rings. The van der Waals surface area contributed by atoms with Crippen LogP contribution in [0.15, 0.2) is 23.6 Å². The van der Waals surface area contributed by atoms with Gasteiger partial charge in [-0.25, -0.2) is 9.78 Å². The molecule has 0 unspecified atom stereocenters. The van der Waals surface area contributed by atoms with Crippen LogP contribution in [0.3, 0.4) is 0 Å². The highest BCUT2D eigenvalue weighted by molar-refractivity contribution is 7.14. The van der Waals surface area contributed by atoms with Crippen molar-refractivity contribution in [1.29, 1.82) is 0 Å². The molecular formula is C23H26ClN3O3S. The molecule has 0 radical (unpaired) electrons. The summed E-state index contributed by atoms with van der Waals surface area (Å²) in [5.41, 5.74) is 5.55. The molecule has 0 saturated carbocycles. The highest BCUT2D eigenvalue weighted by Crippen LogP contribution is 2.37. The Bertz CT molecular complexity index is 1130. The van der Waals surface area contributed by atoms with Crippen molar-refractivity contribution in [1.82, 2.24) is 9.55 Å². The van der Waals surface area contributed by atoms with Crippen LogP contribution in [0.5, 0.6) is 0 Å². The largest absolute Gasteiger partial charge is 0.455 e. The minimum Gasteiger partial charge on any atom is -0.455 e. The van der Waals surface area contributed by atoms with Crippen molar-refractivity contribution in [2.75, 3.05) is 4.90 Å². The lowest BCUT2D eigenvalue weighted by molar-refractivity contribution is -0.115. The monoisotopic (exact) mass is 459 g/mol. The maximum Gasteiger partial charge on any atom is 0.340 e. The second-order valence-electron chi connectivity index (χ2n) is 7.49. The topological polar surface area (TPSA) is 64.4 Å². The molecule has 0 fully saturated rings. The molecule has 2 heterocycles. The average molecular weight is 460 g/mol. The summed E-state index contributed by atoms with van der Waals surface area (Å²) in [6.45, 7) is 12.1. The van der Waals surface area contributed by atoms with E-state index in [0.29, 0.717) is 27.1 Å². The molecule has 0 spiro atoms. The smallest absolute Gasteiger partial charge is 0.340 e. The predicted molar refractivity (Wildman–Crippen MR) is 125 cm³/mol. The average Bonchev–Trinajstić information content (AvgIpc) is 3.26. The van der Waals surface area contributed by atoms with E-state index in [4.69, 9.17) is 16.3 Å². The molecule has 6 nitrogen and oxygen atoms in total. The first-order valence-electron chi connectivity index (χ1n) is 9.99. The van der Waals surface area contributed by atoms with E-state index < -0.39 is 0 Å². The lowest BCUT2D eigenvalue weighted by Crippen LogP contribution is -2.24. The Morgan fingerprint density at radius 3 is 2.48 bits per heavy atom. The minimum atomic E-state index is -0.386. The number of hydrogen-bond donors (Lipinski definition) is 0. The molecule has 3 aromatic rings. The number of hydrogen-bond acceptors (Lipinski definition) is 5. The molecular weight excluding hydrogens is 434 g/mol. The molecule has 3 rings (SSSR count). The van der Waals surface area contributed by atoms with Crippen LogP contribution in [0.1, 0.15) is 52.4 Å². The fraction of sp³-hybridized carbons (Fsp3) is 0.348. The third-order valence-electron chi connectivity index (χ3n) is 5.13. The standard InChI is InChI=1S/C23H26ClN3O3S/c1-7-26-15(4)10-19(16(26)5)22(29)30-11-18-12-31-23(25-18)27(17(6)28)21-14(3)8-13(2)9-20(21)24/h8-10,12H,7,11H2,1-6H3. The van der Waals surface area contributed by atoms with Crippen LogP contribution in [0.25, 0.3) is 0 Å². The van der Waals surface area contributed by atoms with Crippen LogP contribution in [-0.2, 0) is 22.7 Å². The molecule has 2 aromatic heterocycles. The Kier molecular flexibility index (Phi) is 6.86. The van der Waals surface area contributed by atoms with Crippen LogP contribution in [0, 0.1) is 27.7 Å². The zero-order valence-corrected chi connectivity index (χ0v) is 20.1. The number of carbonyl (C=O) groups excluding carboxylic acids is 2. The second-order valence-corrected chi connectivity index (χ2v) is 8.74. The maximum absolute atomic E-state index is 12.6. The summed E-state index contributed by atoms with van der Waals surface area (Å²) in [7, 11) is 0. The minimum absolute atomic E-state index is 0.0253. The number of nitrogens with zero attached hydrogens (tertiary/aromatic N) is 3. The number of anilines is 2. The first-order chi connectivity index (χ1) is 14.6. The molecule has 0 aliphatic heterocycles. The summed E-state index contributed by atoms with van der Waals surface area (Å²) in [4.78, 5) is 31.0. The normalized spacial score (nSPS) is 10.9. The fourth-order valence-electron chi connectivity index (χ4n) is 3.76. The maximum atomic E-state index is 12.6. The van der Waals surface area contributed by atoms with E-state index in [0.717, 1.165) is 29.1 Å². The number of esters is 1. The molecule has 0 atom stereocenters. The Labute approximate surface area is 191 Å². The van der Waals surface area contributed by atoms with Gasteiger partial charge in [0.2, 0.25) is 5.91 Å². The van der Waals surface area contributed by atoms with Gasteiger partial charge in [0.25, 0.3) is 0 Å². The van der Waals surface area contributed by atoms with Gasteiger partial charge in [0.05, 0.1) is 22.0 Å². The summed E-state index contributed by atoms with van der Waals surface area (Å²) in [6.07, 6.45) is 0. The number of thiazole rings is 1. The van der Waals surface area contributed by atoms with Crippen LogP contribution in [-0.4, -0.2) is 21.4 Å². The van der Waals surface area contributed by atoms with Crippen LogP contribution in [0.2, 0.25) is 5.02 Å². The van der Waals surface area contributed by atoms with E-state index in [1.807, 2.05) is 52.8 Å². The van der Waals surface area contributed by atoms with E-state index in [1.165, 1.54) is 23.2 Å². The molecule has 0 saturated heterocycles. The van der Waals surface area contributed by atoms with Gasteiger partial charge in [-0.3, -0.25) is 9.69 Å². The van der Waals surface area contributed by atoms with Crippen molar-refractivity contribution >= 4 is 45.6 Å². The van der Waals surface area contributed by atoms with Gasteiger partial charge >= 0.3 is 5.97 Å². The van der Waals surface area contributed by atoms with Crippen molar-refractivity contribution in [3.8, 4) is 0 Å². The molecule has 31 heavy (non-hydrogen) atoms. The number of carbonyl (C=O) groups is 2. The Balaban J connectivity index is 1.80. The molecule has 0 N–H and O–H groups in total. The van der Waals surface area contributed by atoms with Crippen LogP contribution < -0.4 is 4.90 Å². The molecule has 0 aliphatic carbocycles. The van der Waals surface area contributed by atoms with E-state index in [2.05, 4.69) is 9.55 Å². The van der Waals surface area contributed by atoms with Crippen molar-refractivity contribution in [3.05, 3.63) is 62.4 Å². The van der Waals surface area contributed by atoms with Crippen molar-refractivity contribution in [2.24, 2.45) is 0 Å². The van der Waals surface area contributed by atoms with Gasteiger partial charge < -0.3 is 9.30 Å². The zero-order chi connectivity index (χ0) is 22.9.